The van der Waals surface area contributed by atoms with Gasteiger partial charge in [0, 0.05) is 26.1 Å². The van der Waals surface area contributed by atoms with E-state index < -0.39 is 10.0 Å². The highest BCUT2D eigenvalue weighted by molar-refractivity contribution is 7.88. The Hall–Kier alpha value is -0.880. The Bertz CT molecular complexity index is 387. The van der Waals surface area contributed by atoms with Gasteiger partial charge >= 0.3 is 0 Å². The summed E-state index contributed by atoms with van der Waals surface area (Å²) in [5, 5.41) is 0. The second-order valence-corrected chi connectivity index (χ2v) is 5.89. The summed E-state index contributed by atoms with van der Waals surface area (Å²) in [4.78, 5) is 13.4. The van der Waals surface area contributed by atoms with Crippen molar-refractivity contribution in [2.45, 2.75) is 19.8 Å². The first kappa shape index (κ1) is 13.2. The molecule has 0 bridgehead atoms. The number of amides is 1. The van der Waals surface area contributed by atoms with E-state index in [2.05, 4.69) is 4.72 Å². The molecule has 0 saturated heterocycles. The highest BCUT2D eigenvalue weighted by atomic mass is 32.2. The monoisotopic (exact) mass is 246 g/mol. The van der Waals surface area contributed by atoms with Crippen LogP contribution in [0.4, 0.5) is 0 Å². The van der Waals surface area contributed by atoms with Crippen molar-refractivity contribution in [3.05, 3.63) is 11.6 Å². The Morgan fingerprint density at radius 2 is 2.25 bits per heavy atom. The molecular weight excluding hydrogens is 228 g/mol. The molecule has 0 radical (unpaired) electrons. The largest absolute Gasteiger partial charge is 0.339 e. The van der Waals surface area contributed by atoms with E-state index in [1.807, 2.05) is 13.0 Å². The second-order valence-electron chi connectivity index (χ2n) is 4.06. The van der Waals surface area contributed by atoms with Crippen molar-refractivity contribution in [1.82, 2.24) is 9.62 Å². The lowest BCUT2D eigenvalue weighted by Crippen LogP contribution is -2.36. The molecule has 0 aromatic heterocycles. The maximum absolute atomic E-state index is 11.7. The van der Waals surface area contributed by atoms with Crippen LogP contribution in [0.25, 0.3) is 0 Å². The summed E-state index contributed by atoms with van der Waals surface area (Å²) >= 11 is 0. The van der Waals surface area contributed by atoms with Crippen molar-refractivity contribution >= 4 is 15.9 Å². The Kier molecular flexibility index (Phi) is 4.49. The van der Waals surface area contributed by atoms with Crippen LogP contribution >= 0.6 is 0 Å². The highest BCUT2D eigenvalue weighted by Gasteiger charge is 2.15. The molecule has 1 heterocycles. The van der Waals surface area contributed by atoms with Gasteiger partial charge in [0.1, 0.15) is 0 Å². The minimum Gasteiger partial charge on any atom is -0.339 e. The van der Waals surface area contributed by atoms with Gasteiger partial charge in [0.05, 0.1) is 6.26 Å². The van der Waals surface area contributed by atoms with Gasteiger partial charge in [-0.1, -0.05) is 11.6 Å². The Morgan fingerprint density at radius 3 is 2.75 bits per heavy atom. The molecule has 0 spiro atoms. The number of carbonyl (C=O) groups excluding carboxylic acids is 1. The first-order valence-corrected chi connectivity index (χ1v) is 7.15. The molecular formula is C10H18N2O3S. The van der Waals surface area contributed by atoms with Gasteiger partial charge in [-0.15, -0.1) is 0 Å². The van der Waals surface area contributed by atoms with Crippen LogP contribution in [-0.4, -0.2) is 45.1 Å². The average molecular weight is 246 g/mol. The lowest BCUT2D eigenvalue weighted by atomic mass is 10.1. The molecule has 6 heteroatoms. The summed E-state index contributed by atoms with van der Waals surface area (Å²) < 4.78 is 23.9. The molecule has 1 amide bonds. The average Bonchev–Trinajstić information content (AvgIpc) is 2.16. The number of carbonyl (C=O) groups is 1. The van der Waals surface area contributed by atoms with Crippen LogP contribution in [0.5, 0.6) is 0 Å². The maximum atomic E-state index is 11.7. The zero-order valence-electron chi connectivity index (χ0n) is 9.69. The molecule has 0 aliphatic carbocycles. The van der Waals surface area contributed by atoms with Crippen LogP contribution < -0.4 is 4.72 Å². The van der Waals surface area contributed by atoms with E-state index in [-0.39, 0.29) is 18.9 Å². The fraction of sp³-hybridized carbons (Fsp3) is 0.700. The number of nitrogens with zero attached hydrogens (tertiary/aromatic N) is 1. The minimum atomic E-state index is -3.19. The van der Waals surface area contributed by atoms with Gasteiger partial charge in [0.25, 0.3) is 0 Å². The third-order valence-electron chi connectivity index (χ3n) is 2.49. The van der Waals surface area contributed by atoms with E-state index in [4.69, 9.17) is 0 Å². The molecule has 5 nitrogen and oxygen atoms in total. The van der Waals surface area contributed by atoms with Crippen molar-refractivity contribution in [3.63, 3.8) is 0 Å². The summed E-state index contributed by atoms with van der Waals surface area (Å²) in [7, 11) is -3.19. The Morgan fingerprint density at radius 1 is 1.56 bits per heavy atom. The number of hydrogen-bond donors (Lipinski definition) is 1. The molecule has 92 valence electrons. The van der Waals surface area contributed by atoms with Gasteiger partial charge < -0.3 is 4.90 Å². The van der Waals surface area contributed by atoms with Gasteiger partial charge in [-0.2, -0.15) is 0 Å². The molecule has 0 saturated carbocycles. The van der Waals surface area contributed by atoms with E-state index in [0.717, 1.165) is 19.2 Å². The van der Waals surface area contributed by atoms with E-state index in [0.29, 0.717) is 6.54 Å². The van der Waals surface area contributed by atoms with Gasteiger partial charge in [0.15, 0.2) is 0 Å². The van der Waals surface area contributed by atoms with Crippen LogP contribution in [0.15, 0.2) is 11.6 Å². The first-order valence-electron chi connectivity index (χ1n) is 5.26. The summed E-state index contributed by atoms with van der Waals surface area (Å²) in [5.41, 5.74) is 1.30. The topological polar surface area (TPSA) is 66.5 Å². The zero-order chi connectivity index (χ0) is 12.2. The van der Waals surface area contributed by atoms with Crippen molar-refractivity contribution in [2.24, 2.45) is 0 Å². The van der Waals surface area contributed by atoms with Crippen LogP contribution in [0.2, 0.25) is 0 Å². The fourth-order valence-corrected chi connectivity index (χ4v) is 1.97. The quantitative estimate of drug-likeness (QED) is 0.716. The standard InChI is InChI=1S/C10H18N2O3S/c1-9-4-7-12(8-5-9)10(13)3-6-11-16(2,14)15/h4,11H,3,5-8H2,1-2H3. The van der Waals surface area contributed by atoms with E-state index in [9.17, 15) is 13.2 Å². The number of rotatable bonds is 4. The van der Waals surface area contributed by atoms with Crippen LogP contribution in [0, 0.1) is 0 Å². The molecule has 0 aromatic carbocycles. The third kappa shape index (κ3) is 4.76. The molecule has 0 atom stereocenters. The lowest BCUT2D eigenvalue weighted by molar-refractivity contribution is -0.130. The van der Waals surface area contributed by atoms with E-state index in [1.54, 1.807) is 4.90 Å². The van der Waals surface area contributed by atoms with E-state index in [1.165, 1.54) is 5.57 Å². The van der Waals surface area contributed by atoms with Crippen molar-refractivity contribution in [3.8, 4) is 0 Å². The number of hydrogen-bond acceptors (Lipinski definition) is 3. The Balaban J connectivity index is 2.31. The van der Waals surface area contributed by atoms with Crippen LogP contribution in [0.3, 0.4) is 0 Å². The van der Waals surface area contributed by atoms with Crippen molar-refractivity contribution in [1.29, 1.82) is 0 Å². The maximum Gasteiger partial charge on any atom is 0.224 e. The Labute approximate surface area is 96.6 Å². The summed E-state index contributed by atoms with van der Waals surface area (Å²) in [6.07, 6.45) is 4.25. The van der Waals surface area contributed by atoms with Crippen molar-refractivity contribution < 1.29 is 13.2 Å². The smallest absolute Gasteiger partial charge is 0.224 e. The predicted octanol–water partition coefficient (Wildman–Crippen LogP) is 0.104. The minimum absolute atomic E-state index is 0.0000926. The normalized spacial score (nSPS) is 17.1. The summed E-state index contributed by atoms with van der Waals surface area (Å²) in [6.45, 7) is 3.60. The van der Waals surface area contributed by atoms with Gasteiger partial charge in [-0.05, 0) is 13.3 Å². The molecule has 0 unspecified atom stereocenters. The second kappa shape index (κ2) is 5.45. The molecule has 1 rings (SSSR count). The molecule has 1 N–H and O–H groups in total. The van der Waals surface area contributed by atoms with Crippen LogP contribution in [-0.2, 0) is 14.8 Å². The molecule has 1 aliphatic rings. The fourth-order valence-electron chi connectivity index (χ4n) is 1.50. The SMILES string of the molecule is CC1=CCN(C(=O)CCNS(C)(=O)=O)CC1. The van der Waals surface area contributed by atoms with Crippen molar-refractivity contribution in [2.75, 3.05) is 25.9 Å². The lowest BCUT2D eigenvalue weighted by Gasteiger charge is -2.25. The predicted molar refractivity (Wildman–Crippen MR) is 62.4 cm³/mol. The van der Waals surface area contributed by atoms with E-state index >= 15 is 0 Å². The molecule has 0 fully saturated rings. The zero-order valence-corrected chi connectivity index (χ0v) is 10.5. The van der Waals surface area contributed by atoms with Crippen LogP contribution in [0.1, 0.15) is 19.8 Å². The summed E-state index contributed by atoms with van der Waals surface area (Å²) in [5.74, 6) is -0.0000926. The molecule has 0 aromatic rings. The molecule has 1 aliphatic heterocycles. The highest BCUT2D eigenvalue weighted by Crippen LogP contribution is 2.10. The number of sulfonamides is 1. The summed E-state index contributed by atoms with van der Waals surface area (Å²) in [6, 6.07) is 0. The van der Waals surface area contributed by atoms with Gasteiger partial charge in [-0.3, -0.25) is 4.79 Å². The van der Waals surface area contributed by atoms with Gasteiger partial charge in [-0.25, -0.2) is 13.1 Å². The molecule has 16 heavy (non-hydrogen) atoms. The third-order valence-corrected chi connectivity index (χ3v) is 3.22. The first-order chi connectivity index (χ1) is 7.38. The number of nitrogens with one attached hydrogen (secondary N) is 1. The van der Waals surface area contributed by atoms with Gasteiger partial charge in [0.2, 0.25) is 15.9 Å².